The van der Waals surface area contributed by atoms with Gasteiger partial charge in [-0.1, -0.05) is 36.4 Å². The van der Waals surface area contributed by atoms with Gasteiger partial charge in [-0.25, -0.2) is 0 Å². The number of hydrogen-bond donors (Lipinski definition) is 1. The Bertz CT molecular complexity index is 1170. The standard InChI is InChI=1S/C27H30N2O4/c1-2-32-27(30)19-23-16-20-11-12-24(18-22(20)17-21-8-3-4-9-25(21)23)33-15-7-13-28-26-10-5-6-14-29(26)31/h3-6,8-12,14,18,23,31H,2,7,13,15-17,19H2,1H3/t23-/m0/s1. The Kier molecular flexibility index (Phi) is 7.45. The zero-order chi connectivity index (χ0) is 23.0. The maximum Gasteiger partial charge on any atom is 0.306 e. The van der Waals surface area contributed by atoms with Gasteiger partial charge in [-0.2, -0.15) is 4.73 Å². The average molecular weight is 447 g/mol. The maximum absolute atomic E-state index is 12.2. The fraction of sp³-hybridized carbons (Fsp3) is 0.333. The van der Waals surface area contributed by atoms with Crippen molar-refractivity contribution in [3.8, 4) is 5.75 Å². The number of aromatic nitrogens is 1. The molecule has 0 aliphatic heterocycles. The molecule has 0 unspecified atom stereocenters. The molecule has 0 spiro atoms. The van der Waals surface area contributed by atoms with Crippen LogP contribution in [0.5, 0.6) is 5.75 Å². The van der Waals surface area contributed by atoms with E-state index in [1.807, 2.05) is 25.1 Å². The molecule has 0 radical (unpaired) electrons. The highest BCUT2D eigenvalue weighted by Gasteiger charge is 2.24. The van der Waals surface area contributed by atoms with E-state index in [2.05, 4.69) is 35.3 Å². The van der Waals surface area contributed by atoms with Gasteiger partial charge in [0.2, 0.25) is 0 Å². The predicted octanol–water partition coefficient (Wildman–Crippen LogP) is 4.28. The molecule has 1 heterocycles. The first kappa shape index (κ1) is 22.6. The molecule has 2 aromatic carbocycles. The van der Waals surface area contributed by atoms with E-state index in [4.69, 9.17) is 9.47 Å². The molecular weight excluding hydrogens is 416 g/mol. The lowest BCUT2D eigenvalue weighted by atomic mass is 9.89. The number of benzene rings is 2. The van der Waals surface area contributed by atoms with E-state index < -0.39 is 0 Å². The Morgan fingerprint density at radius 1 is 1.09 bits per heavy atom. The predicted molar refractivity (Wildman–Crippen MR) is 126 cm³/mol. The normalized spacial score (nSPS) is 15.3. The summed E-state index contributed by atoms with van der Waals surface area (Å²) in [5.74, 6) is 0.808. The van der Waals surface area contributed by atoms with Crippen LogP contribution in [0.1, 0.15) is 47.9 Å². The first-order valence-electron chi connectivity index (χ1n) is 11.5. The van der Waals surface area contributed by atoms with Crippen LogP contribution in [0.15, 0.2) is 71.9 Å². The molecule has 172 valence electrons. The van der Waals surface area contributed by atoms with Gasteiger partial charge in [0.15, 0.2) is 5.49 Å². The summed E-state index contributed by atoms with van der Waals surface area (Å²) in [5, 5.41) is 9.71. The van der Waals surface area contributed by atoms with Crippen molar-refractivity contribution in [1.82, 2.24) is 4.73 Å². The smallest absolute Gasteiger partial charge is 0.306 e. The van der Waals surface area contributed by atoms with Crippen LogP contribution >= 0.6 is 0 Å². The van der Waals surface area contributed by atoms with E-state index >= 15 is 0 Å². The summed E-state index contributed by atoms with van der Waals surface area (Å²) in [4.78, 5) is 16.6. The fourth-order valence-corrected chi connectivity index (χ4v) is 4.33. The van der Waals surface area contributed by atoms with Crippen molar-refractivity contribution in [2.24, 2.45) is 4.99 Å². The first-order valence-corrected chi connectivity index (χ1v) is 11.5. The molecular formula is C27H30N2O4. The fourth-order valence-electron chi connectivity index (χ4n) is 4.33. The highest BCUT2D eigenvalue weighted by molar-refractivity contribution is 5.71. The highest BCUT2D eigenvalue weighted by atomic mass is 16.5. The van der Waals surface area contributed by atoms with Gasteiger partial charge in [-0.15, -0.1) is 0 Å². The number of fused-ring (bicyclic) bond motifs is 2. The molecule has 0 bridgehead atoms. The largest absolute Gasteiger partial charge is 0.494 e. The van der Waals surface area contributed by atoms with Crippen molar-refractivity contribution in [3.05, 3.63) is 94.6 Å². The van der Waals surface area contributed by atoms with Crippen LogP contribution in [-0.2, 0) is 22.4 Å². The second kappa shape index (κ2) is 10.9. The lowest BCUT2D eigenvalue weighted by Crippen LogP contribution is -2.17. The van der Waals surface area contributed by atoms with Crippen molar-refractivity contribution in [2.75, 3.05) is 19.8 Å². The third-order valence-electron chi connectivity index (χ3n) is 5.90. The Morgan fingerprint density at radius 2 is 1.94 bits per heavy atom. The number of ether oxygens (including phenoxy) is 2. The molecule has 0 saturated heterocycles. The van der Waals surface area contributed by atoms with Gasteiger partial charge in [-0.05, 0) is 72.2 Å². The van der Waals surface area contributed by atoms with Gasteiger partial charge in [0.05, 0.1) is 19.6 Å². The Hall–Kier alpha value is -3.54. The second-order valence-corrected chi connectivity index (χ2v) is 8.20. The third-order valence-corrected chi connectivity index (χ3v) is 5.90. The van der Waals surface area contributed by atoms with E-state index in [9.17, 15) is 10.0 Å². The Morgan fingerprint density at radius 3 is 2.79 bits per heavy atom. The zero-order valence-corrected chi connectivity index (χ0v) is 18.9. The number of hydrogen-bond acceptors (Lipinski definition) is 5. The monoisotopic (exact) mass is 446 g/mol. The van der Waals surface area contributed by atoms with E-state index in [1.54, 1.807) is 18.3 Å². The van der Waals surface area contributed by atoms with Crippen LogP contribution < -0.4 is 10.2 Å². The summed E-state index contributed by atoms with van der Waals surface area (Å²) in [7, 11) is 0. The van der Waals surface area contributed by atoms with E-state index in [1.165, 1.54) is 22.3 Å². The number of pyridine rings is 1. The Labute approximate surface area is 194 Å². The van der Waals surface area contributed by atoms with Crippen molar-refractivity contribution in [2.45, 2.75) is 38.5 Å². The van der Waals surface area contributed by atoms with Crippen molar-refractivity contribution in [3.63, 3.8) is 0 Å². The van der Waals surface area contributed by atoms with E-state index in [0.717, 1.165) is 29.7 Å². The minimum absolute atomic E-state index is 0.113. The summed E-state index contributed by atoms with van der Waals surface area (Å²) >= 11 is 0. The number of carbonyl (C=O) groups is 1. The van der Waals surface area contributed by atoms with Crippen LogP contribution in [0, 0.1) is 0 Å². The molecule has 33 heavy (non-hydrogen) atoms. The van der Waals surface area contributed by atoms with Gasteiger partial charge in [0, 0.05) is 19.2 Å². The minimum Gasteiger partial charge on any atom is -0.494 e. The molecule has 3 aromatic rings. The number of carbonyl (C=O) groups excluding carboxylic acids is 1. The second-order valence-electron chi connectivity index (χ2n) is 8.20. The summed E-state index contributed by atoms with van der Waals surface area (Å²) in [5.41, 5.74) is 5.49. The summed E-state index contributed by atoms with van der Waals surface area (Å²) in [6.45, 7) is 3.36. The lowest BCUT2D eigenvalue weighted by Gasteiger charge is -2.17. The molecule has 0 saturated carbocycles. The van der Waals surface area contributed by atoms with Crippen molar-refractivity contribution >= 4 is 5.97 Å². The average Bonchev–Trinajstić information content (AvgIpc) is 2.96. The molecule has 0 fully saturated rings. The SMILES string of the molecule is CCOC(=O)C[C@@H]1Cc2ccc(OCCCN=c3ccccn3O)cc2Cc2ccccc21. The van der Waals surface area contributed by atoms with E-state index in [0.29, 0.717) is 31.7 Å². The topological polar surface area (TPSA) is 73.0 Å². The third kappa shape index (κ3) is 5.83. The van der Waals surface area contributed by atoms with E-state index in [-0.39, 0.29) is 11.9 Å². The number of nitrogens with zero attached hydrogens (tertiary/aromatic N) is 2. The van der Waals surface area contributed by atoms with Gasteiger partial charge in [-0.3, -0.25) is 9.79 Å². The molecule has 4 rings (SSSR count). The van der Waals surface area contributed by atoms with Crippen LogP contribution in [0.2, 0.25) is 0 Å². The van der Waals surface area contributed by atoms with Gasteiger partial charge in [0.1, 0.15) is 5.75 Å². The van der Waals surface area contributed by atoms with Crippen LogP contribution in [0.3, 0.4) is 0 Å². The van der Waals surface area contributed by atoms with Gasteiger partial charge < -0.3 is 14.7 Å². The van der Waals surface area contributed by atoms with Gasteiger partial charge >= 0.3 is 5.97 Å². The van der Waals surface area contributed by atoms with Crippen LogP contribution in [0.25, 0.3) is 0 Å². The van der Waals surface area contributed by atoms with Crippen LogP contribution in [0.4, 0.5) is 0 Å². The zero-order valence-electron chi connectivity index (χ0n) is 18.9. The van der Waals surface area contributed by atoms with Crippen molar-refractivity contribution < 1.29 is 19.5 Å². The first-order chi connectivity index (χ1) is 16.1. The molecule has 6 nitrogen and oxygen atoms in total. The molecule has 1 N–H and O–H groups in total. The molecule has 1 aliphatic rings. The van der Waals surface area contributed by atoms with Gasteiger partial charge in [0.25, 0.3) is 0 Å². The molecule has 1 aliphatic carbocycles. The number of rotatable bonds is 8. The number of esters is 1. The summed E-state index contributed by atoms with van der Waals surface area (Å²) < 4.78 is 12.2. The Balaban J connectivity index is 1.43. The lowest BCUT2D eigenvalue weighted by molar-refractivity contribution is -0.143. The maximum atomic E-state index is 12.2. The minimum atomic E-state index is -0.145. The highest BCUT2D eigenvalue weighted by Crippen LogP contribution is 2.35. The van der Waals surface area contributed by atoms with Crippen LogP contribution in [-0.4, -0.2) is 35.7 Å². The molecule has 6 heteroatoms. The molecule has 1 aromatic heterocycles. The van der Waals surface area contributed by atoms with Crippen molar-refractivity contribution in [1.29, 1.82) is 0 Å². The molecule has 0 amide bonds. The quantitative estimate of drug-likeness (QED) is 0.318. The summed E-state index contributed by atoms with van der Waals surface area (Å²) in [6, 6.07) is 20.0. The summed E-state index contributed by atoms with van der Waals surface area (Å²) in [6.07, 6.45) is 4.32. The molecule has 1 atom stereocenters.